The fourth-order valence-electron chi connectivity index (χ4n) is 3.56. The normalized spacial score (nSPS) is 11.6. The average Bonchev–Trinajstić information content (AvgIpc) is 3.35. The second kappa shape index (κ2) is 12.7. The number of benzene rings is 2. The van der Waals surface area contributed by atoms with Gasteiger partial charge < -0.3 is 15.7 Å². The topological polar surface area (TPSA) is 139 Å². The van der Waals surface area contributed by atoms with Crippen LogP contribution in [0, 0.1) is 0 Å². The maximum Gasteiger partial charge on any atom is 0.349 e. The number of aliphatic hydroxyl groups excluding tert-OH is 1. The Morgan fingerprint density at radius 1 is 0.946 bits per heavy atom. The second-order valence-electron chi connectivity index (χ2n) is 8.26. The van der Waals surface area contributed by atoms with Crippen LogP contribution in [0.4, 0.5) is 10.9 Å². The first-order valence-corrected chi connectivity index (χ1v) is 12.6. The number of aliphatic hydroxyl groups is 1. The van der Waals surface area contributed by atoms with Gasteiger partial charge in [0.15, 0.2) is 6.10 Å². The SMILES string of the molecule is O=C(Cc1ccccc1)Nc1nnc(CCCCn2ccc(NC(=O)C(O)c3ccccc3)nc2=O)s1. The van der Waals surface area contributed by atoms with Crippen molar-refractivity contribution in [1.29, 1.82) is 0 Å². The molecular formula is C26H26N6O4S. The van der Waals surface area contributed by atoms with E-state index in [2.05, 4.69) is 25.8 Å². The maximum absolute atomic E-state index is 12.3. The Kier molecular flexibility index (Phi) is 8.84. The summed E-state index contributed by atoms with van der Waals surface area (Å²) in [6, 6.07) is 19.5. The summed E-state index contributed by atoms with van der Waals surface area (Å²) in [6.07, 6.45) is 2.61. The number of unbranched alkanes of at least 4 members (excludes halogenated alkanes) is 1. The third-order valence-corrected chi connectivity index (χ3v) is 6.35. The summed E-state index contributed by atoms with van der Waals surface area (Å²) in [5, 5.41) is 24.8. The zero-order valence-corrected chi connectivity index (χ0v) is 20.7. The molecule has 4 rings (SSSR count). The molecule has 0 bridgehead atoms. The molecule has 11 heteroatoms. The van der Waals surface area contributed by atoms with Gasteiger partial charge >= 0.3 is 5.69 Å². The predicted molar refractivity (Wildman–Crippen MR) is 140 cm³/mol. The van der Waals surface area contributed by atoms with Crippen molar-refractivity contribution in [3.63, 3.8) is 0 Å². The van der Waals surface area contributed by atoms with Gasteiger partial charge in [0, 0.05) is 19.2 Å². The van der Waals surface area contributed by atoms with E-state index in [-0.39, 0.29) is 18.1 Å². The van der Waals surface area contributed by atoms with Crippen LogP contribution in [-0.2, 0) is 29.0 Å². The Morgan fingerprint density at radius 3 is 2.41 bits per heavy atom. The summed E-state index contributed by atoms with van der Waals surface area (Å²) in [6.45, 7) is 0.451. The molecule has 2 amide bonds. The number of amides is 2. The summed E-state index contributed by atoms with van der Waals surface area (Å²) in [5.41, 5.74) is 0.881. The van der Waals surface area contributed by atoms with E-state index in [0.717, 1.165) is 17.0 Å². The van der Waals surface area contributed by atoms with E-state index in [1.807, 2.05) is 30.3 Å². The first kappa shape index (κ1) is 25.9. The van der Waals surface area contributed by atoms with E-state index >= 15 is 0 Å². The summed E-state index contributed by atoms with van der Waals surface area (Å²) < 4.78 is 1.46. The molecule has 0 fully saturated rings. The maximum atomic E-state index is 12.3. The number of hydrogen-bond acceptors (Lipinski definition) is 8. The van der Waals surface area contributed by atoms with Crippen LogP contribution in [0.1, 0.15) is 35.1 Å². The Morgan fingerprint density at radius 2 is 1.68 bits per heavy atom. The van der Waals surface area contributed by atoms with Gasteiger partial charge in [0.05, 0.1) is 6.42 Å². The van der Waals surface area contributed by atoms with Gasteiger partial charge in [-0.25, -0.2) is 4.79 Å². The van der Waals surface area contributed by atoms with Gasteiger partial charge in [0.2, 0.25) is 11.0 Å². The molecule has 0 aliphatic carbocycles. The van der Waals surface area contributed by atoms with Crippen molar-refractivity contribution >= 4 is 34.1 Å². The highest BCUT2D eigenvalue weighted by molar-refractivity contribution is 7.15. The molecule has 1 atom stereocenters. The number of nitrogens with zero attached hydrogens (tertiary/aromatic N) is 4. The number of anilines is 2. The third-order valence-electron chi connectivity index (χ3n) is 5.45. The second-order valence-corrected chi connectivity index (χ2v) is 9.32. The van der Waals surface area contributed by atoms with Crippen LogP contribution in [0.25, 0.3) is 0 Å². The van der Waals surface area contributed by atoms with Gasteiger partial charge in [-0.1, -0.05) is 72.0 Å². The molecule has 10 nitrogen and oxygen atoms in total. The number of carbonyl (C=O) groups excluding carboxylic acids is 2. The summed E-state index contributed by atoms with van der Waals surface area (Å²) >= 11 is 1.33. The molecule has 0 radical (unpaired) electrons. The van der Waals surface area contributed by atoms with Gasteiger partial charge in [-0.2, -0.15) is 4.98 Å². The lowest BCUT2D eigenvalue weighted by molar-refractivity contribution is -0.124. The monoisotopic (exact) mass is 518 g/mol. The molecule has 2 heterocycles. The lowest BCUT2D eigenvalue weighted by Crippen LogP contribution is -2.27. The van der Waals surface area contributed by atoms with Gasteiger partial charge in [-0.15, -0.1) is 10.2 Å². The van der Waals surface area contributed by atoms with Crippen LogP contribution in [-0.4, -0.2) is 36.7 Å². The quantitative estimate of drug-likeness (QED) is 0.259. The largest absolute Gasteiger partial charge is 0.378 e. The molecule has 0 saturated heterocycles. The van der Waals surface area contributed by atoms with Crippen molar-refractivity contribution < 1.29 is 14.7 Å². The molecule has 0 spiro atoms. The van der Waals surface area contributed by atoms with Crippen LogP contribution in [0.15, 0.2) is 77.7 Å². The number of aryl methyl sites for hydroxylation is 2. The van der Waals surface area contributed by atoms with Crippen molar-refractivity contribution in [3.8, 4) is 0 Å². The molecule has 0 saturated carbocycles. The van der Waals surface area contributed by atoms with E-state index in [1.54, 1.807) is 36.5 Å². The molecule has 1 unspecified atom stereocenters. The minimum atomic E-state index is -1.36. The number of nitrogens with one attached hydrogen (secondary N) is 2. The predicted octanol–water partition coefficient (Wildman–Crippen LogP) is 2.97. The van der Waals surface area contributed by atoms with Crippen LogP contribution in [0.2, 0.25) is 0 Å². The fraction of sp³-hybridized carbons (Fsp3) is 0.231. The van der Waals surface area contributed by atoms with E-state index in [0.29, 0.717) is 30.1 Å². The highest BCUT2D eigenvalue weighted by Gasteiger charge is 2.18. The minimum Gasteiger partial charge on any atom is -0.378 e. The average molecular weight is 519 g/mol. The Labute approximate surface area is 217 Å². The standard InChI is InChI=1S/C26H26N6O4S/c33-21(17-18-9-3-1-4-10-18)29-25-31-30-22(37-25)13-7-8-15-32-16-14-20(28-26(32)36)27-24(35)23(34)19-11-5-2-6-12-19/h1-6,9-12,14,16,23,34H,7-8,13,15,17H2,(H,29,31,33)(H,27,28,35,36). The van der Waals surface area contributed by atoms with E-state index in [1.165, 1.54) is 22.0 Å². The number of hydrogen-bond donors (Lipinski definition) is 3. The zero-order chi connectivity index (χ0) is 26.0. The molecule has 4 aromatic rings. The minimum absolute atomic E-state index is 0.0805. The molecule has 190 valence electrons. The van der Waals surface area contributed by atoms with Gasteiger partial charge in [0.1, 0.15) is 10.8 Å². The summed E-state index contributed by atoms with van der Waals surface area (Å²) in [7, 11) is 0. The van der Waals surface area contributed by atoms with Gasteiger partial charge in [-0.3, -0.25) is 14.2 Å². The highest BCUT2D eigenvalue weighted by Crippen LogP contribution is 2.18. The van der Waals surface area contributed by atoms with Crippen LogP contribution < -0.4 is 16.3 Å². The Hall–Kier alpha value is -4.22. The molecule has 0 aliphatic heterocycles. The van der Waals surface area contributed by atoms with Crippen LogP contribution >= 0.6 is 11.3 Å². The molecule has 0 aliphatic rings. The summed E-state index contributed by atoms with van der Waals surface area (Å²) in [4.78, 5) is 40.7. The molecule has 2 aromatic heterocycles. The Bertz CT molecular complexity index is 1390. The van der Waals surface area contributed by atoms with Crippen molar-refractivity contribution in [2.45, 2.75) is 38.3 Å². The first-order chi connectivity index (χ1) is 18.0. The van der Waals surface area contributed by atoms with Crippen molar-refractivity contribution in [1.82, 2.24) is 19.7 Å². The van der Waals surface area contributed by atoms with E-state index in [4.69, 9.17) is 0 Å². The summed E-state index contributed by atoms with van der Waals surface area (Å²) in [5.74, 6) is -0.726. The highest BCUT2D eigenvalue weighted by atomic mass is 32.1. The van der Waals surface area contributed by atoms with E-state index in [9.17, 15) is 19.5 Å². The molecule has 3 N–H and O–H groups in total. The first-order valence-electron chi connectivity index (χ1n) is 11.8. The van der Waals surface area contributed by atoms with Gasteiger partial charge in [-0.05, 0) is 30.0 Å². The number of aromatic nitrogens is 4. The number of carbonyl (C=O) groups is 2. The van der Waals surface area contributed by atoms with Crippen LogP contribution in [0.5, 0.6) is 0 Å². The zero-order valence-electron chi connectivity index (χ0n) is 19.9. The van der Waals surface area contributed by atoms with Crippen molar-refractivity contribution in [2.75, 3.05) is 10.6 Å². The van der Waals surface area contributed by atoms with Crippen molar-refractivity contribution in [2.24, 2.45) is 0 Å². The van der Waals surface area contributed by atoms with Crippen molar-refractivity contribution in [3.05, 3.63) is 99.5 Å². The molecule has 2 aromatic carbocycles. The smallest absolute Gasteiger partial charge is 0.349 e. The molecular weight excluding hydrogens is 492 g/mol. The molecule has 37 heavy (non-hydrogen) atoms. The number of rotatable bonds is 11. The van der Waals surface area contributed by atoms with E-state index < -0.39 is 17.7 Å². The lowest BCUT2D eigenvalue weighted by Gasteiger charge is -2.11. The fourth-order valence-corrected chi connectivity index (χ4v) is 4.36. The Balaban J connectivity index is 1.20. The third kappa shape index (κ3) is 7.63. The lowest BCUT2D eigenvalue weighted by atomic mass is 10.1. The van der Waals surface area contributed by atoms with Crippen LogP contribution in [0.3, 0.4) is 0 Å². The van der Waals surface area contributed by atoms with Gasteiger partial charge in [0.25, 0.3) is 5.91 Å².